The molecule has 30 heavy (non-hydrogen) atoms. The van der Waals surface area contributed by atoms with Crippen molar-refractivity contribution in [3.8, 4) is 11.5 Å². The van der Waals surface area contributed by atoms with Crippen molar-refractivity contribution in [2.45, 2.75) is 25.3 Å². The Hall–Kier alpha value is -2.54. The van der Waals surface area contributed by atoms with Crippen molar-refractivity contribution in [3.05, 3.63) is 63.3 Å². The largest absolute Gasteiger partial charge is 0.507 e. The van der Waals surface area contributed by atoms with E-state index in [1.54, 1.807) is 30.5 Å². The molecular formula is C22H25Cl2N3O3. The van der Waals surface area contributed by atoms with Gasteiger partial charge in [-0.3, -0.25) is 9.79 Å². The number of carbonyl (C=O) groups is 1. The molecule has 6 nitrogen and oxygen atoms in total. The van der Waals surface area contributed by atoms with E-state index in [9.17, 15) is 9.90 Å². The number of hydrogen-bond acceptors (Lipinski definition) is 6. The maximum absolute atomic E-state index is 10.4. The van der Waals surface area contributed by atoms with Gasteiger partial charge in [-0.15, -0.1) is 0 Å². The maximum atomic E-state index is 10.4. The maximum Gasteiger partial charge on any atom is 0.157 e. The van der Waals surface area contributed by atoms with E-state index in [0.29, 0.717) is 45.7 Å². The van der Waals surface area contributed by atoms with Crippen molar-refractivity contribution < 1.29 is 14.6 Å². The standard InChI is InChI=1S/C21H20Cl2N2O3.CH5N/c22-19-9-16(28-6-5-26)10-20(23)18(19)8-13-1-4-21(27)17(7-13)14(11-24)12-25-15-2-3-15;1-2/h1,4-5,7,9-12,15,27H,2-3,6,8,24H2;2H2,1H3/b14-11+,25-12?;. The zero-order valence-electron chi connectivity index (χ0n) is 16.6. The number of carbonyl (C=O) groups excluding carboxylic acids is 1. The molecule has 2 aromatic rings. The van der Waals surface area contributed by atoms with Gasteiger partial charge in [-0.25, -0.2) is 0 Å². The van der Waals surface area contributed by atoms with Crippen LogP contribution in [0.4, 0.5) is 0 Å². The summed E-state index contributed by atoms with van der Waals surface area (Å²) >= 11 is 12.7. The number of aliphatic imine (C=N–C) groups is 1. The quantitative estimate of drug-likeness (QED) is 0.416. The lowest BCUT2D eigenvalue weighted by Gasteiger charge is -2.12. The summed E-state index contributed by atoms with van der Waals surface area (Å²) in [5.74, 6) is 0.555. The monoisotopic (exact) mass is 449 g/mol. The highest BCUT2D eigenvalue weighted by Gasteiger charge is 2.19. The van der Waals surface area contributed by atoms with Gasteiger partial charge in [-0.1, -0.05) is 29.3 Å². The zero-order chi connectivity index (χ0) is 22.1. The van der Waals surface area contributed by atoms with Crippen molar-refractivity contribution in [3.63, 3.8) is 0 Å². The molecule has 1 fully saturated rings. The lowest BCUT2D eigenvalue weighted by molar-refractivity contribution is -0.109. The van der Waals surface area contributed by atoms with E-state index < -0.39 is 0 Å². The van der Waals surface area contributed by atoms with Gasteiger partial charge < -0.3 is 21.3 Å². The van der Waals surface area contributed by atoms with Gasteiger partial charge in [-0.2, -0.15) is 0 Å². The Balaban J connectivity index is 0.00000155. The fraction of sp³-hybridized carbons (Fsp3) is 0.273. The Morgan fingerprint density at radius 2 is 1.90 bits per heavy atom. The summed E-state index contributed by atoms with van der Waals surface area (Å²) in [6, 6.07) is 8.87. The fourth-order valence-electron chi connectivity index (χ4n) is 2.70. The first-order chi connectivity index (χ1) is 14.5. The zero-order valence-corrected chi connectivity index (χ0v) is 18.2. The van der Waals surface area contributed by atoms with Crippen molar-refractivity contribution in [1.82, 2.24) is 0 Å². The number of aromatic hydroxyl groups is 1. The van der Waals surface area contributed by atoms with Crippen LogP contribution in [0.15, 0.2) is 41.5 Å². The van der Waals surface area contributed by atoms with E-state index >= 15 is 0 Å². The second-order valence-corrected chi connectivity index (χ2v) is 7.32. The Morgan fingerprint density at radius 3 is 2.47 bits per heavy atom. The van der Waals surface area contributed by atoms with E-state index in [2.05, 4.69) is 10.7 Å². The van der Waals surface area contributed by atoms with Crippen molar-refractivity contribution in [2.75, 3.05) is 13.7 Å². The minimum atomic E-state index is -0.0655. The molecule has 2 aromatic carbocycles. The predicted octanol–water partition coefficient (Wildman–Crippen LogP) is 3.98. The first-order valence-electron chi connectivity index (χ1n) is 9.41. The van der Waals surface area contributed by atoms with Crippen LogP contribution in [0.25, 0.3) is 5.57 Å². The molecule has 1 aliphatic carbocycles. The molecule has 0 spiro atoms. The number of ether oxygens (including phenoxy) is 1. The van der Waals surface area contributed by atoms with Gasteiger partial charge >= 0.3 is 0 Å². The molecule has 5 N–H and O–H groups in total. The van der Waals surface area contributed by atoms with Gasteiger partial charge in [0, 0.05) is 40.0 Å². The summed E-state index contributed by atoms with van der Waals surface area (Å²) in [4.78, 5) is 14.9. The highest BCUT2D eigenvalue weighted by molar-refractivity contribution is 6.36. The predicted molar refractivity (Wildman–Crippen MR) is 123 cm³/mol. The lowest BCUT2D eigenvalue weighted by atomic mass is 9.98. The van der Waals surface area contributed by atoms with Crippen LogP contribution in [0, 0.1) is 0 Å². The van der Waals surface area contributed by atoms with Crippen LogP contribution in [-0.4, -0.2) is 37.3 Å². The number of benzene rings is 2. The van der Waals surface area contributed by atoms with Gasteiger partial charge in [0.2, 0.25) is 0 Å². The molecule has 8 heteroatoms. The summed E-state index contributed by atoms with van der Waals surface area (Å²) in [7, 11) is 1.50. The summed E-state index contributed by atoms with van der Waals surface area (Å²) in [5, 5.41) is 11.1. The topological polar surface area (TPSA) is 111 Å². The average Bonchev–Trinajstić information content (AvgIpc) is 3.57. The number of hydrogen-bond donors (Lipinski definition) is 3. The van der Waals surface area contributed by atoms with E-state index in [0.717, 1.165) is 24.0 Å². The minimum absolute atomic E-state index is 0.0655. The lowest BCUT2D eigenvalue weighted by Crippen LogP contribution is -2.00. The molecule has 0 bridgehead atoms. The molecule has 0 radical (unpaired) electrons. The molecule has 3 rings (SSSR count). The number of phenolic OH excluding ortho intramolecular Hbond substituents is 1. The highest BCUT2D eigenvalue weighted by Crippen LogP contribution is 2.34. The number of rotatable bonds is 8. The Bertz CT molecular complexity index is 918. The third kappa shape index (κ3) is 6.49. The van der Waals surface area contributed by atoms with Crippen LogP contribution in [0.1, 0.15) is 29.5 Å². The molecule has 160 valence electrons. The van der Waals surface area contributed by atoms with Crippen molar-refractivity contribution >= 4 is 41.3 Å². The molecule has 0 aliphatic heterocycles. The SMILES string of the molecule is CN.N/C=C(\C=NC1CC1)c1cc(Cc2c(Cl)cc(OCC=O)cc2Cl)ccc1O. The number of nitrogens with zero attached hydrogens (tertiary/aromatic N) is 1. The molecule has 0 amide bonds. The highest BCUT2D eigenvalue weighted by atomic mass is 35.5. The third-order valence-electron chi connectivity index (χ3n) is 4.34. The molecule has 1 aliphatic rings. The Labute approximate surface area is 186 Å². The number of aldehydes is 1. The summed E-state index contributed by atoms with van der Waals surface area (Å²) in [6.07, 6.45) is 6.42. The number of nitrogens with two attached hydrogens (primary N) is 2. The van der Waals surface area contributed by atoms with Gasteiger partial charge in [0.1, 0.15) is 18.1 Å². The van der Waals surface area contributed by atoms with E-state index in [-0.39, 0.29) is 12.4 Å². The Morgan fingerprint density at radius 1 is 1.23 bits per heavy atom. The number of halogens is 2. The molecule has 0 unspecified atom stereocenters. The van der Waals surface area contributed by atoms with Gasteiger partial charge in [0.05, 0.1) is 6.04 Å². The average molecular weight is 450 g/mol. The second-order valence-electron chi connectivity index (χ2n) is 6.50. The first kappa shape index (κ1) is 23.7. The van der Waals surface area contributed by atoms with Gasteiger partial charge in [0.15, 0.2) is 6.29 Å². The van der Waals surface area contributed by atoms with Crippen LogP contribution in [0.2, 0.25) is 10.0 Å². The molecule has 1 saturated carbocycles. The normalized spacial score (nSPS) is 13.7. The van der Waals surface area contributed by atoms with Gasteiger partial charge in [-0.05, 0) is 55.3 Å². The van der Waals surface area contributed by atoms with E-state index in [1.807, 2.05) is 6.07 Å². The summed E-state index contributed by atoms with van der Waals surface area (Å²) in [5.41, 5.74) is 13.1. The molecular weight excluding hydrogens is 425 g/mol. The summed E-state index contributed by atoms with van der Waals surface area (Å²) in [6.45, 7) is -0.0655. The molecule has 0 saturated heterocycles. The molecule has 0 heterocycles. The third-order valence-corrected chi connectivity index (χ3v) is 5.01. The van der Waals surface area contributed by atoms with Crippen LogP contribution >= 0.6 is 23.2 Å². The van der Waals surface area contributed by atoms with Crippen LogP contribution in [0.3, 0.4) is 0 Å². The second kappa shape index (κ2) is 11.6. The minimum Gasteiger partial charge on any atom is -0.507 e. The van der Waals surface area contributed by atoms with Crippen LogP contribution in [-0.2, 0) is 11.2 Å². The first-order valence-corrected chi connectivity index (χ1v) is 10.2. The van der Waals surface area contributed by atoms with Crippen molar-refractivity contribution in [1.29, 1.82) is 0 Å². The molecule has 0 aromatic heterocycles. The van der Waals surface area contributed by atoms with Crippen molar-refractivity contribution in [2.24, 2.45) is 16.5 Å². The Kier molecular flexibility index (Phi) is 9.17. The van der Waals surface area contributed by atoms with E-state index in [4.69, 9.17) is 33.7 Å². The van der Waals surface area contributed by atoms with Crippen LogP contribution in [0.5, 0.6) is 11.5 Å². The summed E-state index contributed by atoms with van der Waals surface area (Å²) < 4.78 is 5.25. The van der Waals surface area contributed by atoms with Gasteiger partial charge in [0.25, 0.3) is 0 Å². The number of phenols is 1. The van der Waals surface area contributed by atoms with E-state index in [1.165, 1.54) is 13.2 Å². The fourth-order valence-corrected chi connectivity index (χ4v) is 3.30. The van der Waals surface area contributed by atoms with Crippen LogP contribution < -0.4 is 16.2 Å². The smallest absolute Gasteiger partial charge is 0.157 e. The number of allylic oxidation sites excluding steroid dienone is 1. The molecule has 0 atom stereocenters.